The number of aryl methyl sites for hydroxylation is 1. The molecule has 1 aliphatic rings. The van der Waals surface area contributed by atoms with E-state index in [0.717, 1.165) is 37.2 Å². The van der Waals surface area contributed by atoms with E-state index in [-0.39, 0.29) is 0 Å². The van der Waals surface area contributed by atoms with Crippen LogP contribution in [-0.4, -0.2) is 6.61 Å². The Morgan fingerprint density at radius 2 is 2.15 bits per heavy atom. The van der Waals surface area contributed by atoms with Gasteiger partial charge in [-0.05, 0) is 37.0 Å². The third-order valence-corrected chi connectivity index (χ3v) is 2.51. The fourth-order valence-corrected chi connectivity index (χ4v) is 1.91. The Bertz CT molecular complexity index is 325. The van der Waals surface area contributed by atoms with Crippen LogP contribution in [0.25, 0.3) is 0 Å². The lowest BCUT2D eigenvalue weighted by atomic mass is 10.1. The predicted molar refractivity (Wildman–Crippen MR) is 54.3 cm³/mol. The number of hydrogen-bond acceptors (Lipinski definition) is 2. The van der Waals surface area contributed by atoms with Crippen LogP contribution in [0.5, 0.6) is 5.75 Å². The molecule has 0 unspecified atom stereocenters. The topological polar surface area (TPSA) is 35.2 Å². The Balaban J connectivity index is 2.47. The number of benzene rings is 1. The minimum atomic E-state index is 0.636. The molecule has 1 aromatic carbocycles. The molecule has 0 radical (unpaired) electrons. The van der Waals surface area contributed by atoms with Crippen molar-refractivity contribution in [3.63, 3.8) is 0 Å². The highest BCUT2D eigenvalue weighted by atomic mass is 35.5. The Labute approximate surface area is 82.6 Å². The lowest BCUT2D eigenvalue weighted by molar-refractivity contribution is 0.317. The third kappa shape index (κ3) is 1.73. The van der Waals surface area contributed by atoms with Gasteiger partial charge in [0.05, 0.1) is 11.6 Å². The zero-order chi connectivity index (χ0) is 9.26. The summed E-state index contributed by atoms with van der Waals surface area (Å²) in [6.45, 7) is 0.761. The maximum absolute atomic E-state index is 6.01. The first kappa shape index (κ1) is 8.70. The second kappa shape index (κ2) is 3.46. The molecule has 1 heterocycles. The van der Waals surface area contributed by atoms with Gasteiger partial charge in [-0.2, -0.15) is 0 Å². The molecule has 0 bridgehead atoms. The largest absolute Gasteiger partial charge is 0.492 e. The molecule has 13 heavy (non-hydrogen) atoms. The second-order valence-electron chi connectivity index (χ2n) is 3.30. The van der Waals surface area contributed by atoms with Gasteiger partial charge in [-0.3, -0.25) is 0 Å². The van der Waals surface area contributed by atoms with Crippen LogP contribution in [0.4, 0.5) is 5.69 Å². The number of halogens is 1. The molecule has 0 fully saturated rings. The van der Waals surface area contributed by atoms with Crippen molar-refractivity contribution in [1.82, 2.24) is 0 Å². The van der Waals surface area contributed by atoms with Crippen molar-refractivity contribution in [2.45, 2.75) is 19.3 Å². The Hall–Kier alpha value is -0.890. The van der Waals surface area contributed by atoms with Gasteiger partial charge in [0, 0.05) is 5.69 Å². The Morgan fingerprint density at radius 3 is 3.00 bits per heavy atom. The number of anilines is 1. The first-order chi connectivity index (χ1) is 6.27. The average Bonchev–Trinajstić information content (AvgIpc) is 2.28. The summed E-state index contributed by atoms with van der Waals surface area (Å²) in [6.07, 6.45) is 3.25. The zero-order valence-electron chi connectivity index (χ0n) is 7.35. The first-order valence-corrected chi connectivity index (χ1v) is 4.86. The van der Waals surface area contributed by atoms with Crippen LogP contribution >= 0.6 is 11.6 Å². The molecule has 3 heteroatoms. The van der Waals surface area contributed by atoms with E-state index in [1.165, 1.54) is 0 Å². The molecule has 0 saturated heterocycles. The van der Waals surface area contributed by atoms with Crippen LogP contribution in [-0.2, 0) is 6.42 Å². The van der Waals surface area contributed by atoms with Gasteiger partial charge in [-0.25, -0.2) is 0 Å². The number of rotatable bonds is 0. The lowest BCUT2D eigenvalue weighted by Crippen LogP contribution is -1.96. The quantitative estimate of drug-likeness (QED) is 0.649. The second-order valence-corrected chi connectivity index (χ2v) is 3.70. The minimum Gasteiger partial charge on any atom is -0.492 e. The molecule has 2 N–H and O–H groups in total. The van der Waals surface area contributed by atoms with Gasteiger partial charge in [0.15, 0.2) is 0 Å². The molecular formula is C10H12ClNO. The van der Waals surface area contributed by atoms with E-state index in [9.17, 15) is 0 Å². The van der Waals surface area contributed by atoms with E-state index in [1.807, 2.05) is 6.07 Å². The highest BCUT2D eigenvalue weighted by molar-refractivity contribution is 6.32. The lowest BCUT2D eigenvalue weighted by Gasteiger charge is -2.09. The standard InChI is InChI=1S/C10H12ClNO/c11-9-6-8(12)5-7-3-1-2-4-13-10(7)9/h5-6H,1-4,12H2. The summed E-state index contributed by atoms with van der Waals surface area (Å²) in [5, 5.41) is 0.636. The van der Waals surface area contributed by atoms with Gasteiger partial charge in [-0.1, -0.05) is 11.6 Å². The minimum absolute atomic E-state index is 0.636. The van der Waals surface area contributed by atoms with Crippen LogP contribution in [0.1, 0.15) is 18.4 Å². The average molecular weight is 198 g/mol. The molecule has 0 amide bonds. The van der Waals surface area contributed by atoms with Crippen molar-refractivity contribution in [2.75, 3.05) is 12.3 Å². The van der Waals surface area contributed by atoms with Crippen molar-refractivity contribution >= 4 is 17.3 Å². The summed E-state index contributed by atoms with van der Waals surface area (Å²) in [5.74, 6) is 0.827. The Kier molecular flexibility index (Phi) is 2.32. The molecule has 1 aromatic rings. The fraction of sp³-hybridized carbons (Fsp3) is 0.400. The van der Waals surface area contributed by atoms with Crippen molar-refractivity contribution in [3.8, 4) is 5.75 Å². The van der Waals surface area contributed by atoms with Crippen LogP contribution < -0.4 is 10.5 Å². The summed E-state index contributed by atoms with van der Waals surface area (Å²) in [4.78, 5) is 0. The number of fused-ring (bicyclic) bond motifs is 1. The monoisotopic (exact) mass is 197 g/mol. The molecule has 2 rings (SSSR count). The predicted octanol–water partition coefficient (Wildman–Crippen LogP) is 2.64. The summed E-state index contributed by atoms with van der Waals surface area (Å²) in [7, 11) is 0. The summed E-state index contributed by atoms with van der Waals surface area (Å²) in [6, 6.07) is 3.69. The van der Waals surface area contributed by atoms with Crippen LogP contribution in [0.3, 0.4) is 0 Å². The summed E-state index contributed by atoms with van der Waals surface area (Å²) in [5.41, 5.74) is 7.55. The molecular weight excluding hydrogens is 186 g/mol. The molecule has 1 aliphatic heterocycles. The number of nitrogens with two attached hydrogens (primary N) is 1. The van der Waals surface area contributed by atoms with Gasteiger partial charge in [0.2, 0.25) is 0 Å². The number of nitrogen functional groups attached to an aromatic ring is 1. The van der Waals surface area contributed by atoms with Crippen LogP contribution in [0.15, 0.2) is 12.1 Å². The SMILES string of the molecule is Nc1cc(Cl)c2c(c1)CCCCO2. The van der Waals surface area contributed by atoms with E-state index in [1.54, 1.807) is 6.07 Å². The van der Waals surface area contributed by atoms with Crippen molar-refractivity contribution in [1.29, 1.82) is 0 Å². The molecule has 0 atom stereocenters. The van der Waals surface area contributed by atoms with E-state index in [0.29, 0.717) is 10.7 Å². The highest BCUT2D eigenvalue weighted by Gasteiger charge is 2.12. The van der Waals surface area contributed by atoms with E-state index >= 15 is 0 Å². The van der Waals surface area contributed by atoms with Crippen LogP contribution in [0.2, 0.25) is 5.02 Å². The van der Waals surface area contributed by atoms with Gasteiger partial charge in [0.1, 0.15) is 5.75 Å². The summed E-state index contributed by atoms with van der Waals surface area (Å²) >= 11 is 6.01. The van der Waals surface area contributed by atoms with E-state index in [4.69, 9.17) is 22.1 Å². The zero-order valence-corrected chi connectivity index (χ0v) is 8.10. The maximum atomic E-state index is 6.01. The molecule has 0 aliphatic carbocycles. The molecule has 0 aromatic heterocycles. The van der Waals surface area contributed by atoms with Gasteiger partial charge in [-0.15, -0.1) is 0 Å². The van der Waals surface area contributed by atoms with Gasteiger partial charge < -0.3 is 10.5 Å². The molecule has 0 saturated carbocycles. The fourth-order valence-electron chi connectivity index (χ4n) is 1.61. The van der Waals surface area contributed by atoms with Crippen molar-refractivity contribution < 1.29 is 4.74 Å². The van der Waals surface area contributed by atoms with Gasteiger partial charge >= 0.3 is 0 Å². The number of hydrogen-bond donors (Lipinski definition) is 1. The number of ether oxygens (including phenoxy) is 1. The molecule has 2 nitrogen and oxygen atoms in total. The van der Waals surface area contributed by atoms with E-state index in [2.05, 4.69) is 0 Å². The van der Waals surface area contributed by atoms with Gasteiger partial charge in [0.25, 0.3) is 0 Å². The van der Waals surface area contributed by atoms with Crippen LogP contribution in [0, 0.1) is 0 Å². The highest BCUT2D eigenvalue weighted by Crippen LogP contribution is 2.34. The Morgan fingerprint density at radius 1 is 1.31 bits per heavy atom. The normalized spacial score (nSPS) is 15.8. The van der Waals surface area contributed by atoms with Crippen molar-refractivity contribution in [3.05, 3.63) is 22.7 Å². The van der Waals surface area contributed by atoms with Crippen molar-refractivity contribution in [2.24, 2.45) is 0 Å². The molecule has 0 spiro atoms. The molecule has 70 valence electrons. The van der Waals surface area contributed by atoms with E-state index < -0.39 is 0 Å². The summed E-state index contributed by atoms with van der Waals surface area (Å²) < 4.78 is 5.55. The maximum Gasteiger partial charge on any atom is 0.141 e. The third-order valence-electron chi connectivity index (χ3n) is 2.23. The first-order valence-electron chi connectivity index (χ1n) is 4.48. The smallest absolute Gasteiger partial charge is 0.141 e.